The summed E-state index contributed by atoms with van der Waals surface area (Å²) < 4.78 is 10.4. The van der Waals surface area contributed by atoms with Crippen LogP contribution in [-0.4, -0.2) is 38.2 Å². The van der Waals surface area contributed by atoms with E-state index in [4.69, 9.17) is 9.47 Å². The van der Waals surface area contributed by atoms with E-state index < -0.39 is 11.8 Å². The second-order valence-corrected chi connectivity index (χ2v) is 4.88. The molecule has 2 amide bonds. The van der Waals surface area contributed by atoms with E-state index in [-0.39, 0.29) is 6.10 Å². The number of rotatable bonds is 5. The van der Waals surface area contributed by atoms with Gasteiger partial charge in [-0.25, -0.2) is 0 Å². The summed E-state index contributed by atoms with van der Waals surface area (Å²) in [6, 6.07) is 7.28. The van der Waals surface area contributed by atoms with Gasteiger partial charge in [0.05, 0.1) is 13.2 Å². The van der Waals surface area contributed by atoms with Crippen molar-refractivity contribution in [3.05, 3.63) is 29.8 Å². The Balaban J connectivity index is 1.71. The third kappa shape index (κ3) is 4.75. The van der Waals surface area contributed by atoms with Gasteiger partial charge < -0.3 is 20.1 Å². The maximum absolute atomic E-state index is 11.7. The number of hydrogen-bond acceptors (Lipinski definition) is 4. The van der Waals surface area contributed by atoms with Crippen molar-refractivity contribution < 1.29 is 19.1 Å². The monoisotopic (exact) mass is 292 g/mol. The molecule has 0 saturated carbocycles. The van der Waals surface area contributed by atoms with Crippen molar-refractivity contribution in [3.8, 4) is 5.75 Å². The van der Waals surface area contributed by atoms with Crippen LogP contribution in [0.3, 0.4) is 0 Å². The van der Waals surface area contributed by atoms with Crippen molar-refractivity contribution in [1.29, 1.82) is 0 Å². The number of nitrogens with one attached hydrogen (secondary N) is 2. The topological polar surface area (TPSA) is 76.7 Å². The fourth-order valence-corrected chi connectivity index (χ4v) is 2.10. The summed E-state index contributed by atoms with van der Waals surface area (Å²) in [7, 11) is 1.59. The van der Waals surface area contributed by atoms with Crippen LogP contribution in [0.5, 0.6) is 5.75 Å². The molecule has 1 saturated heterocycles. The highest BCUT2D eigenvalue weighted by Gasteiger charge is 2.18. The maximum atomic E-state index is 11.7. The maximum Gasteiger partial charge on any atom is 0.309 e. The van der Waals surface area contributed by atoms with E-state index in [0.29, 0.717) is 13.1 Å². The van der Waals surface area contributed by atoms with Crippen LogP contribution in [0.1, 0.15) is 18.4 Å². The predicted octanol–water partition coefficient (Wildman–Crippen LogP) is 0.607. The van der Waals surface area contributed by atoms with Crippen LogP contribution in [-0.2, 0) is 20.9 Å². The predicted molar refractivity (Wildman–Crippen MR) is 76.8 cm³/mol. The van der Waals surface area contributed by atoms with Crippen molar-refractivity contribution in [2.75, 3.05) is 20.3 Å². The average Bonchev–Trinajstić information content (AvgIpc) is 3.04. The molecule has 6 nitrogen and oxygen atoms in total. The summed E-state index contributed by atoms with van der Waals surface area (Å²) in [5.74, 6) is -0.512. The van der Waals surface area contributed by atoms with E-state index in [0.717, 1.165) is 30.8 Å². The molecule has 0 radical (unpaired) electrons. The van der Waals surface area contributed by atoms with Crippen LogP contribution < -0.4 is 15.4 Å². The fourth-order valence-electron chi connectivity index (χ4n) is 2.10. The van der Waals surface area contributed by atoms with Gasteiger partial charge in [0.25, 0.3) is 0 Å². The van der Waals surface area contributed by atoms with E-state index in [9.17, 15) is 9.59 Å². The number of carbonyl (C=O) groups is 2. The summed E-state index contributed by atoms with van der Waals surface area (Å²) in [5, 5.41) is 5.16. The molecular formula is C15H20N2O4. The van der Waals surface area contributed by atoms with Gasteiger partial charge in [0.2, 0.25) is 0 Å². The highest BCUT2D eigenvalue weighted by Crippen LogP contribution is 2.11. The average molecular weight is 292 g/mol. The molecule has 1 atom stereocenters. The molecule has 1 aromatic rings. The molecule has 0 aromatic heterocycles. The summed E-state index contributed by atoms with van der Waals surface area (Å²) in [5.41, 5.74) is 0.899. The Kier molecular flexibility index (Phi) is 5.57. The van der Waals surface area contributed by atoms with Crippen molar-refractivity contribution in [3.63, 3.8) is 0 Å². The minimum atomic E-state index is -0.635. The molecule has 1 aromatic carbocycles. The first-order valence-corrected chi connectivity index (χ1v) is 6.99. The number of benzene rings is 1. The molecule has 6 heteroatoms. The van der Waals surface area contributed by atoms with E-state index >= 15 is 0 Å². The lowest BCUT2D eigenvalue weighted by atomic mass is 10.2. The zero-order valence-electron chi connectivity index (χ0n) is 12.1. The number of ether oxygens (including phenoxy) is 2. The lowest BCUT2D eigenvalue weighted by molar-refractivity contribution is -0.139. The Bertz CT molecular complexity index is 481. The van der Waals surface area contributed by atoms with Gasteiger partial charge in [-0.2, -0.15) is 0 Å². The Morgan fingerprint density at radius 1 is 1.24 bits per heavy atom. The van der Waals surface area contributed by atoms with E-state index in [1.807, 2.05) is 12.1 Å². The normalized spacial score (nSPS) is 17.3. The van der Waals surface area contributed by atoms with Gasteiger partial charge in [-0.3, -0.25) is 9.59 Å². The minimum Gasteiger partial charge on any atom is -0.497 e. The molecule has 21 heavy (non-hydrogen) atoms. The molecule has 0 spiro atoms. The molecule has 1 fully saturated rings. The van der Waals surface area contributed by atoms with Gasteiger partial charge in [-0.1, -0.05) is 12.1 Å². The quantitative estimate of drug-likeness (QED) is 0.780. The van der Waals surface area contributed by atoms with Crippen LogP contribution >= 0.6 is 0 Å². The highest BCUT2D eigenvalue weighted by atomic mass is 16.5. The molecule has 1 aliphatic heterocycles. The van der Waals surface area contributed by atoms with Crippen molar-refractivity contribution >= 4 is 11.8 Å². The number of amides is 2. The first-order valence-electron chi connectivity index (χ1n) is 6.99. The zero-order valence-corrected chi connectivity index (χ0v) is 12.1. The largest absolute Gasteiger partial charge is 0.497 e. The number of hydrogen-bond donors (Lipinski definition) is 2. The van der Waals surface area contributed by atoms with Crippen molar-refractivity contribution in [1.82, 2.24) is 10.6 Å². The molecular weight excluding hydrogens is 272 g/mol. The third-order valence-electron chi connectivity index (χ3n) is 3.33. The standard InChI is InChI=1S/C15H20N2O4/c1-20-12-6-4-11(5-7-12)9-16-14(18)15(19)17-10-13-3-2-8-21-13/h4-7,13H,2-3,8-10H2,1H3,(H,16,18)(H,17,19)/t13-/m1/s1. The molecule has 2 rings (SSSR count). The second kappa shape index (κ2) is 7.64. The van der Waals surface area contributed by atoms with E-state index in [1.54, 1.807) is 19.2 Å². The van der Waals surface area contributed by atoms with Crippen molar-refractivity contribution in [2.24, 2.45) is 0 Å². The SMILES string of the molecule is COc1ccc(CNC(=O)C(=O)NC[C@H]2CCCO2)cc1. The molecule has 0 aliphatic carbocycles. The Morgan fingerprint density at radius 2 is 1.95 bits per heavy atom. The van der Waals surface area contributed by atoms with Crippen molar-refractivity contribution in [2.45, 2.75) is 25.5 Å². The fraction of sp³-hybridized carbons (Fsp3) is 0.467. The van der Waals surface area contributed by atoms with E-state index in [1.165, 1.54) is 0 Å². The van der Waals surface area contributed by atoms with Gasteiger partial charge >= 0.3 is 11.8 Å². The van der Waals surface area contributed by atoms with E-state index in [2.05, 4.69) is 10.6 Å². The zero-order chi connectivity index (χ0) is 15.1. The molecule has 1 heterocycles. The molecule has 114 valence electrons. The van der Waals surface area contributed by atoms with Crippen LogP contribution in [0.15, 0.2) is 24.3 Å². The minimum absolute atomic E-state index is 0.0309. The van der Waals surface area contributed by atoms with Gasteiger partial charge in [0.1, 0.15) is 5.75 Å². The first-order chi connectivity index (χ1) is 10.2. The molecule has 0 unspecified atom stereocenters. The molecule has 1 aliphatic rings. The third-order valence-corrected chi connectivity index (χ3v) is 3.33. The van der Waals surface area contributed by atoms with Crippen LogP contribution in [0.2, 0.25) is 0 Å². The summed E-state index contributed by atoms with van der Waals surface area (Å²) in [6.45, 7) is 1.41. The summed E-state index contributed by atoms with van der Waals surface area (Å²) >= 11 is 0. The summed E-state index contributed by atoms with van der Waals surface area (Å²) in [6.07, 6.45) is 1.96. The van der Waals surface area contributed by atoms with Gasteiger partial charge in [0, 0.05) is 19.7 Å². The Morgan fingerprint density at radius 3 is 2.57 bits per heavy atom. The van der Waals surface area contributed by atoms with Crippen LogP contribution in [0.25, 0.3) is 0 Å². The Hall–Kier alpha value is -2.08. The smallest absolute Gasteiger partial charge is 0.309 e. The van der Waals surface area contributed by atoms with Gasteiger partial charge in [0.15, 0.2) is 0 Å². The summed E-state index contributed by atoms with van der Waals surface area (Å²) in [4.78, 5) is 23.3. The molecule has 0 bridgehead atoms. The number of carbonyl (C=O) groups excluding carboxylic acids is 2. The van der Waals surface area contributed by atoms with Gasteiger partial charge in [-0.15, -0.1) is 0 Å². The van der Waals surface area contributed by atoms with Crippen LogP contribution in [0, 0.1) is 0 Å². The second-order valence-electron chi connectivity index (χ2n) is 4.88. The number of methoxy groups -OCH3 is 1. The van der Waals surface area contributed by atoms with Crippen LogP contribution in [0.4, 0.5) is 0 Å². The lowest BCUT2D eigenvalue weighted by Gasteiger charge is -2.10. The lowest BCUT2D eigenvalue weighted by Crippen LogP contribution is -2.42. The highest BCUT2D eigenvalue weighted by molar-refractivity contribution is 6.35. The van der Waals surface area contributed by atoms with Gasteiger partial charge in [-0.05, 0) is 30.5 Å². The molecule has 2 N–H and O–H groups in total. The first kappa shape index (κ1) is 15.3. The Labute approximate surface area is 123 Å².